The van der Waals surface area contributed by atoms with Crippen molar-refractivity contribution in [1.82, 2.24) is 0 Å². The van der Waals surface area contributed by atoms with E-state index in [1.54, 1.807) is 12.5 Å². The lowest BCUT2D eigenvalue weighted by atomic mass is 10.2. The van der Waals surface area contributed by atoms with Crippen LogP contribution in [0, 0.1) is 0 Å². The number of hydrogen-bond acceptors (Lipinski definition) is 5. The second kappa shape index (κ2) is 3.50. The molecule has 0 amide bonds. The SMILES string of the molecule is COC1O[C@H](C=S)[C@H]2OC(C)(C)O[C@@H]12. The molecule has 2 heterocycles. The van der Waals surface area contributed by atoms with Crippen LogP contribution in [0.25, 0.3) is 0 Å². The van der Waals surface area contributed by atoms with Crippen molar-refractivity contribution in [2.24, 2.45) is 0 Å². The van der Waals surface area contributed by atoms with Crippen molar-refractivity contribution in [2.45, 2.75) is 44.2 Å². The van der Waals surface area contributed by atoms with Gasteiger partial charge >= 0.3 is 0 Å². The van der Waals surface area contributed by atoms with E-state index >= 15 is 0 Å². The van der Waals surface area contributed by atoms with Gasteiger partial charge in [-0.25, -0.2) is 0 Å². The Bertz CT molecular complexity index is 243. The summed E-state index contributed by atoms with van der Waals surface area (Å²) < 4.78 is 22.0. The Morgan fingerprint density at radius 1 is 1.29 bits per heavy atom. The van der Waals surface area contributed by atoms with Crippen molar-refractivity contribution in [1.29, 1.82) is 0 Å². The lowest BCUT2D eigenvalue weighted by molar-refractivity contribution is -0.218. The molecule has 5 heteroatoms. The third-order valence-electron chi connectivity index (χ3n) is 2.41. The minimum Gasteiger partial charge on any atom is -0.353 e. The summed E-state index contributed by atoms with van der Waals surface area (Å²) in [6, 6.07) is 0. The van der Waals surface area contributed by atoms with Gasteiger partial charge in [0.2, 0.25) is 0 Å². The van der Waals surface area contributed by atoms with Crippen LogP contribution >= 0.6 is 12.2 Å². The highest BCUT2D eigenvalue weighted by molar-refractivity contribution is 7.79. The van der Waals surface area contributed by atoms with Gasteiger partial charge in [0.1, 0.15) is 18.3 Å². The van der Waals surface area contributed by atoms with Crippen LogP contribution in [0.5, 0.6) is 0 Å². The molecule has 4 atom stereocenters. The number of thiocarbonyl (C=S) groups is 1. The van der Waals surface area contributed by atoms with Crippen molar-refractivity contribution < 1.29 is 18.9 Å². The van der Waals surface area contributed by atoms with Gasteiger partial charge < -0.3 is 18.9 Å². The first-order valence-electron chi connectivity index (χ1n) is 4.56. The van der Waals surface area contributed by atoms with Gasteiger partial charge in [-0.3, -0.25) is 0 Å². The summed E-state index contributed by atoms with van der Waals surface area (Å²) in [6.45, 7) is 3.75. The molecule has 80 valence electrons. The van der Waals surface area contributed by atoms with Crippen molar-refractivity contribution in [3.8, 4) is 0 Å². The van der Waals surface area contributed by atoms with Gasteiger partial charge in [-0.15, -0.1) is 0 Å². The Morgan fingerprint density at radius 2 is 1.93 bits per heavy atom. The standard InChI is InChI=1S/C9H14O4S/c1-9(2)12-6-5(4-14)11-8(10-3)7(6)13-9/h4-8H,1-3H3/t5-,6-,7-,8?/m1/s1. The van der Waals surface area contributed by atoms with E-state index in [1.807, 2.05) is 13.8 Å². The zero-order chi connectivity index (χ0) is 10.3. The van der Waals surface area contributed by atoms with Crippen molar-refractivity contribution in [3.05, 3.63) is 0 Å². The molecule has 14 heavy (non-hydrogen) atoms. The summed E-state index contributed by atoms with van der Waals surface area (Å²) in [4.78, 5) is 0. The molecular weight excluding hydrogens is 204 g/mol. The van der Waals surface area contributed by atoms with Crippen LogP contribution in [0.2, 0.25) is 0 Å². The minimum atomic E-state index is -0.577. The molecule has 0 aromatic heterocycles. The van der Waals surface area contributed by atoms with Crippen LogP contribution < -0.4 is 0 Å². The normalized spacial score (nSPS) is 45.1. The molecule has 2 rings (SSSR count). The van der Waals surface area contributed by atoms with E-state index in [0.717, 1.165) is 0 Å². The van der Waals surface area contributed by atoms with Gasteiger partial charge in [-0.2, -0.15) is 0 Å². The molecule has 2 fully saturated rings. The lowest BCUT2D eigenvalue weighted by Crippen LogP contribution is -2.30. The van der Waals surface area contributed by atoms with Crippen molar-refractivity contribution >= 4 is 17.6 Å². The molecule has 4 nitrogen and oxygen atoms in total. The highest BCUT2D eigenvalue weighted by atomic mass is 32.1. The van der Waals surface area contributed by atoms with E-state index in [4.69, 9.17) is 31.2 Å². The fourth-order valence-corrected chi connectivity index (χ4v) is 2.11. The number of hydrogen-bond donors (Lipinski definition) is 0. The van der Waals surface area contributed by atoms with Crippen LogP contribution in [0.1, 0.15) is 13.8 Å². The van der Waals surface area contributed by atoms with Crippen LogP contribution in [-0.4, -0.2) is 42.9 Å². The van der Waals surface area contributed by atoms with E-state index in [-0.39, 0.29) is 24.6 Å². The van der Waals surface area contributed by atoms with E-state index in [9.17, 15) is 0 Å². The maximum absolute atomic E-state index is 5.68. The van der Waals surface area contributed by atoms with Gasteiger partial charge in [0, 0.05) is 12.5 Å². The third kappa shape index (κ3) is 1.59. The van der Waals surface area contributed by atoms with Gasteiger partial charge in [0.15, 0.2) is 12.1 Å². The maximum Gasteiger partial charge on any atom is 0.187 e. The number of ether oxygens (including phenoxy) is 4. The first-order chi connectivity index (χ1) is 6.57. The summed E-state index contributed by atoms with van der Waals surface area (Å²) in [5.41, 5.74) is 0. The molecule has 0 aromatic rings. The van der Waals surface area contributed by atoms with Crippen LogP contribution in [0.3, 0.4) is 0 Å². The number of fused-ring (bicyclic) bond motifs is 1. The maximum atomic E-state index is 5.68. The summed E-state index contributed by atoms with van der Waals surface area (Å²) >= 11 is 4.87. The highest BCUT2D eigenvalue weighted by Gasteiger charge is 2.54. The van der Waals surface area contributed by atoms with Crippen LogP contribution in [0.15, 0.2) is 0 Å². The molecule has 0 aliphatic carbocycles. The van der Waals surface area contributed by atoms with E-state index in [2.05, 4.69) is 0 Å². The van der Waals surface area contributed by atoms with E-state index in [1.165, 1.54) is 0 Å². The first kappa shape index (κ1) is 10.4. The molecule has 0 aromatic carbocycles. The summed E-state index contributed by atoms with van der Waals surface area (Å²) in [5.74, 6) is -0.577. The Hall–Kier alpha value is -0.0700. The second-order valence-corrected chi connectivity index (χ2v) is 4.18. The van der Waals surface area contributed by atoms with Gasteiger partial charge in [0.25, 0.3) is 0 Å². The Kier molecular flexibility index (Phi) is 2.61. The average Bonchev–Trinajstić information content (AvgIpc) is 2.57. The lowest BCUT2D eigenvalue weighted by Gasteiger charge is -2.22. The summed E-state index contributed by atoms with van der Waals surface area (Å²) in [6.07, 6.45) is -0.931. The number of methoxy groups -OCH3 is 1. The zero-order valence-corrected chi connectivity index (χ0v) is 9.24. The second-order valence-electron chi connectivity index (χ2n) is 3.91. The van der Waals surface area contributed by atoms with Gasteiger partial charge in [-0.1, -0.05) is 12.2 Å². The highest BCUT2D eigenvalue weighted by Crippen LogP contribution is 2.38. The zero-order valence-electron chi connectivity index (χ0n) is 8.43. The first-order valence-corrected chi connectivity index (χ1v) is 5.04. The molecule has 0 spiro atoms. The average molecular weight is 218 g/mol. The predicted molar refractivity (Wildman–Crippen MR) is 53.2 cm³/mol. The topological polar surface area (TPSA) is 36.9 Å². The molecule has 1 unspecified atom stereocenters. The molecular formula is C9H14O4S. The fraction of sp³-hybridized carbons (Fsp3) is 0.889. The molecule has 0 radical (unpaired) electrons. The molecule has 2 aliphatic heterocycles. The van der Waals surface area contributed by atoms with Gasteiger partial charge in [0.05, 0.1) is 0 Å². The van der Waals surface area contributed by atoms with E-state index in [0.29, 0.717) is 0 Å². The fourth-order valence-electron chi connectivity index (χ4n) is 1.89. The molecule has 0 saturated carbocycles. The quantitative estimate of drug-likeness (QED) is 0.643. The van der Waals surface area contributed by atoms with Crippen LogP contribution in [-0.2, 0) is 18.9 Å². The monoisotopic (exact) mass is 218 g/mol. The number of rotatable bonds is 2. The van der Waals surface area contributed by atoms with Crippen LogP contribution in [0.4, 0.5) is 0 Å². The molecule has 0 N–H and O–H groups in total. The van der Waals surface area contributed by atoms with Crippen molar-refractivity contribution in [3.63, 3.8) is 0 Å². The molecule has 0 bridgehead atoms. The third-order valence-corrected chi connectivity index (χ3v) is 2.68. The smallest absolute Gasteiger partial charge is 0.187 e. The minimum absolute atomic E-state index is 0.146. The largest absolute Gasteiger partial charge is 0.353 e. The Labute approximate surface area is 88.5 Å². The predicted octanol–water partition coefficient (Wildman–Crippen LogP) is 0.877. The Balaban J connectivity index is 2.16. The molecule has 2 aliphatic rings. The van der Waals surface area contributed by atoms with Crippen molar-refractivity contribution in [2.75, 3.05) is 7.11 Å². The van der Waals surface area contributed by atoms with E-state index < -0.39 is 5.79 Å². The Morgan fingerprint density at radius 3 is 2.50 bits per heavy atom. The summed E-state index contributed by atoms with van der Waals surface area (Å²) in [5, 5.41) is 1.56. The van der Waals surface area contributed by atoms with Gasteiger partial charge in [-0.05, 0) is 13.8 Å². The summed E-state index contributed by atoms with van der Waals surface area (Å²) in [7, 11) is 1.59. The molecule has 2 saturated heterocycles.